The molecule has 0 saturated carbocycles. The average molecular weight is 445 g/mol. The third-order valence-electron chi connectivity index (χ3n) is 4.60. The van der Waals surface area contributed by atoms with Gasteiger partial charge in [-0.3, -0.25) is 9.69 Å². The van der Waals surface area contributed by atoms with E-state index in [4.69, 9.17) is 28.2 Å². The summed E-state index contributed by atoms with van der Waals surface area (Å²) in [6.45, 7) is 3.28. The number of para-hydroxylation sites is 1. The van der Waals surface area contributed by atoms with Gasteiger partial charge in [-0.1, -0.05) is 46.7 Å². The fourth-order valence-electron chi connectivity index (χ4n) is 3.11. The number of amides is 1. The second kappa shape index (κ2) is 8.53. The summed E-state index contributed by atoms with van der Waals surface area (Å²) in [5, 5.41) is 1.49. The number of benzene rings is 2. The van der Waals surface area contributed by atoms with Gasteiger partial charge >= 0.3 is 0 Å². The Kier molecular flexibility index (Phi) is 5.85. The fourth-order valence-corrected chi connectivity index (χ4v) is 4.67. The number of carbonyl (C=O) groups excluding carboxylic acids is 1. The summed E-state index contributed by atoms with van der Waals surface area (Å²) in [5.74, 6) is -0.186. The van der Waals surface area contributed by atoms with Crippen LogP contribution in [-0.2, 0) is 6.54 Å². The number of aromatic nitrogens is 3. The van der Waals surface area contributed by atoms with Gasteiger partial charge in [0.1, 0.15) is 0 Å². The molecule has 4 aromatic rings. The van der Waals surface area contributed by atoms with Crippen LogP contribution < -0.4 is 4.90 Å². The van der Waals surface area contributed by atoms with Crippen molar-refractivity contribution in [2.75, 3.05) is 11.4 Å². The van der Waals surface area contributed by atoms with Crippen molar-refractivity contribution in [3.63, 3.8) is 0 Å². The van der Waals surface area contributed by atoms with Crippen molar-refractivity contribution in [1.29, 1.82) is 0 Å². The van der Waals surface area contributed by atoms with Crippen LogP contribution in [-0.4, -0.2) is 27.0 Å². The smallest absolute Gasteiger partial charge is 0.261 e. The van der Waals surface area contributed by atoms with Gasteiger partial charge in [0, 0.05) is 30.5 Å². The molecule has 148 valence electrons. The molecule has 0 spiro atoms. The first-order valence-corrected chi connectivity index (χ1v) is 10.7. The lowest BCUT2D eigenvalue weighted by atomic mass is 10.2. The first-order chi connectivity index (χ1) is 14.0. The van der Waals surface area contributed by atoms with Crippen LogP contribution in [0.15, 0.2) is 55.1 Å². The maximum Gasteiger partial charge on any atom is 0.261 e. The molecule has 0 unspecified atom stereocenters. The van der Waals surface area contributed by atoms with Crippen molar-refractivity contribution >= 4 is 55.8 Å². The number of carbonyl (C=O) groups is 1. The predicted octanol–water partition coefficient (Wildman–Crippen LogP) is 5.85. The zero-order valence-corrected chi connectivity index (χ0v) is 18.0. The molecule has 2 heterocycles. The highest BCUT2D eigenvalue weighted by atomic mass is 35.5. The Hall–Kier alpha value is -2.41. The number of hydrogen-bond donors (Lipinski definition) is 0. The SMILES string of the molecule is Cc1cccc2sc(N(CCCn3ccnc3)C(=O)c3ccc(Cl)cc3Cl)nc12. The topological polar surface area (TPSA) is 51.0 Å². The molecule has 0 saturated heterocycles. The number of hydrogen-bond acceptors (Lipinski definition) is 4. The van der Waals surface area contributed by atoms with E-state index in [1.54, 1.807) is 35.6 Å². The van der Waals surface area contributed by atoms with E-state index in [0.717, 1.165) is 28.7 Å². The van der Waals surface area contributed by atoms with Crippen LogP contribution in [0, 0.1) is 6.92 Å². The van der Waals surface area contributed by atoms with Gasteiger partial charge in [0.25, 0.3) is 5.91 Å². The third-order valence-corrected chi connectivity index (χ3v) is 6.20. The minimum Gasteiger partial charge on any atom is -0.337 e. The average Bonchev–Trinajstić information content (AvgIpc) is 3.35. The molecule has 5 nitrogen and oxygen atoms in total. The van der Waals surface area contributed by atoms with Gasteiger partial charge in [0.2, 0.25) is 0 Å². The molecule has 2 aromatic heterocycles. The number of fused-ring (bicyclic) bond motifs is 1. The van der Waals surface area contributed by atoms with E-state index in [9.17, 15) is 4.79 Å². The van der Waals surface area contributed by atoms with Gasteiger partial charge in [-0.15, -0.1) is 0 Å². The molecule has 0 radical (unpaired) electrons. The van der Waals surface area contributed by atoms with E-state index in [1.165, 1.54) is 11.3 Å². The van der Waals surface area contributed by atoms with E-state index < -0.39 is 0 Å². The van der Waals surface area contributed by atoms with Gasteiger partial charge in [-0.25, -0.2) is 9.97 Å². The van der Waals surface area contributed by atoms with Gasteiger partial charge < -0.3 is 4.57 Å². The molecule has 0 atom stereocenters. The van der Waals surface area contributed by atoms with Crippen LogP contribution >= 0.6 is 34.5 Å². The summed E-state index contributed by atoms with van der Waals surface area (Å²) in [7, 11) is 0. The van der Waals surface area contributed by atoms with Gasteiger partial charge in [0.15, 0.2) is 5.13 Å². The lowest BCUT2D eigenvalue weighted by Crippen LogP contribution is -2.32. The second-order valence-electron chi connectivity index (χ2n) is 6.65. The molecule has 0 aliphatic rings. The third kappa shape index (κ3) is 4.29. The summed E-state index contributed by atoms with van der Waals surface area (Å²) < 4.78 is 3.04. The van der Waals surface area contributed by atoms with Crippen LogP contribution in [0.3, 0.4) is 0 Å². The monoisotopic (exact) mass is 444 g/mol. The van der Waals surface area contributed by atoms with Crippen LogP contribution in [0.25, 0.3) is 10.2 Å². The summed E-state index contributed by atoms with van der Waals surface area (Å²) in [4.78, 5) is 23.9. The molecule has 2 aromatic carbocycles. The highest BCUT2D eigenvalue weighted by Crippen LogP contribution is 2.32. The maximum absolute atomic E-state index is 13.4. The van der Waals surface area contributed by atoms with Crippen molar-refractivity contribution in [2.45, 2.75) is 19.9 Å². The Morgan fingerprint density at radius 2 is 2.10 bits per heavy atom. The van der Waals surface area contributed by atoms with Crippen molar-refractivity contribution in [3.05, 3.63) is 76.3 Å². The van der Waals surface area contributed by atoms with Gasteiger partial charge in [-0.05, 0) is 43.2 Å². The number of halogens is 2. The molecule has 0 bridgehead atoms. The van der Waals surface area contributed by atoms with Crippen molar-refractivity contribution in [1.82, 2.24) is 14.5 Å². The van der Waals surface area contributed by atoms with Gasteiger partial charge in [0.05, 0.1) is 27.1 Å². The number of thiazole rings is 1. The molecular formula is C21H18Cl2N4OS. The highest BCUT2D eigenvalue weighted by molar-refractivity contribution is 7.22. The lowest BCUT2D eigenvalue weighted by Gasteiger charge is -2.20. The van der Waals surface area contributed by atoms with E-state index in [1.807, 2.05) is 35.9 Å². The Labute approximate surface area is 182 Å². The van der Waals surface area contributed by atoms with Crippen LogP contribution in [0.5, 0.6) is 0 Å². The number of imidazole rings is 1. The second-order valence-corrected chi connectivity index (χ2v) is 8.51. The molecule has 29 heavy (non-hydrogen) atoms. The molecule has 0 fully saturated rings. The normalized spacial score (nSPS) is 11.1. The molecule has 4 rings (SSSR count). The fraction of sp³-hybridized carbons (Fsp3) is 0.190. The molecule has 8 heteroatoms. The number of rotatable bonds is 6. The molecule has 0 N–H and O–H groups in total. The zero-order valence-electron chi connectivity index (χ0n) is 15.7. The lowest BCUT2D eigenvalue weighted by molar-refractivity contribution is 0.0986. The Bertz CT molecular complexity index is 1160. The number of aryl methyl sites for hydroxylation is 2. The highest BCUT2D eigenvalue weighted by Gasteiger charge is 2.23. The Balaban J connectivity index is 1.67. The first kappa shape index (κ1) is 19.9. The van der Waals surface area contributed by atoms with Crippen LogP contribution in [0.2, 0.25) is 10.0 Å². The quantitative estimate of drug-likeness (QED) is 0.374. The van der Waals surface area contributed by atoms with Crippen molar-refractivity contribution < 1.29 is 4.79 Å². The first-order valence-electron chi connectivity index (χ1n) is 9.12. The minimum atomic E-state index is -0.186. The summed E-state index contributed by atoms with van der Waals surface area (Å²) >= 11 is 13.8. The molecule has 1 amide bonds. The molecule has 0 aliphatic carbocycles. The largest absolute Gasteiger partial charge is 0.337 e. The van der Waals surface area contributed by atoms with E-state index in [-0.39, 0.29) is 5.91 Å². The zero-order chi connectivity index (χ0) is 20.4. The summed E-state index contributed by atoms with van der Waals surface area (Å²) in [5.41, 5.74) is 2.41. The summed E-state index contributed by atoms with van der Waals surface area (Å²) in [6.07, 6.45) is 6.17. The maximum atomic E-state index is 13.4. The van der Waals surface area contributed by atoms with Crippen LogP contribution in [0.4, 0.5) is 5.13 Å². The van der Waals surface area contributed by atoms with E-state index >= 15 is 0 Å². The molecular weight excluding hydrogens is 427 g/mol. The molecule has 0 aliphatic heterocycles. The predicted molar refractivity (Wildman–Crippen MR) is 119 cm³/mol. The van der Waals surface area contributed by atoms with Crippen LogP contribution in [0.1, 0.15) is 22.3 Å². The number of anilines is 1. The standard InChI is InChI=1S/C21H18Cl2N4OS/c1-14-4-2-5-18-19(14)25-21(29-18)27(10-3-9-26-11-8-24-13-26)20(28)16-7-6-15(22)12-17(16)23/h2,4-8,11-13H,3,9-10H2,1H3. The van der Waals surface area contributed by atoms with Crippen molar-refractivity contribution in [3.8, 4) is 0 Å². The van der Waals surface area contributed by atoms with E-state index in [0.29, 0.717) is 27.3 Å². The minimum absolute atomic E-state index is 0.186. The van der Waals surface area contributed by atoms with Crippen molar-refractivity contribution in [2.24, 2.45) is 0 Å². The number of nitrogens with zero attached hydrogens (tertiary/aromatic N) is 4. The Morgan fingerprint density at radius 3 is 2.83 bits per heavy atom. The summed E-state index contributed by atoms with van der Waals surface area (Å²) in [6, 6.07) is 11.0. The Morgan fingerprint density at radius 1 is 1.24 bits per heavy atom. The van der Waals surface area contributed by atoms with E-state index in [2.05, 4.69) is 4.98 Å². The van der Waals surface area contributed by atoms with Gasteiger partial charge in [-0.2, -0.15) is 0 Å².